The van der Waals surface area contributed by atoms with E-state index < -0.39 is 0 Å². The number of halogens is 1. The third-order valence-electron chi connectivity index (χ3n) is 2.88. The molecule has 0 saturated carbocycles. The summed E-state index contributed by atoms with van der Waals surface area (Å²) in [6.45, 7) is 2.66. The highest BCUT2D eigenvalue weighted by molar-refractivity contribution is 5.96. The van der Waals surface area contributed by atoms with Gasteiger partial charge in [0.25, 0.3) is 0 Å². The summed E-state index contributed by atoms with van der Waals surface area (Å²) in [6, 6.07) is 9.72. The van der Waals surface area contributed by atoms with Crippen LogP contribution in [-0.4, -0.2) is 22.6 Å². The van der Waals surface area contributed by atoms with E-state index in [1.165, 1.54) is 12.1 Å². The topological polar surface area (TPSA) is 74.7 Å². The molecule has 2 rings (SSSR count). The Hall–Kier alpha value is -2.63. The van der Waals surface area contributed by atoms with Crippen molar-refractivity contribution in [3.05, 3.63) is 54.1 Å². The largest absolute Gasteiger partial charge is 0.409 e. The van der Waals surface area contributed by atoms with E-state index in [0.717, 1.165) is 11.4 Å². The van der Waals surface area contributed by atoms with E-state index in [-0.39, 0.29) is 11.7 Å². The maximum atomic E-state index is 13.0. The van der Waals surface area contributed by atoms with Crippen LogP contribution in [0.1, 0.15) is 12.6 Å². The lowest BCUT2D eigenvalue weighted by Crippen LogP contribution is -2.19. The number of oxime groups is 1. The summed E-state index contributed by atoms with van der Waals surface area (Å²) in [5.74, 6) is -0.334. The molecule has 0 radical (unpaired) electrons. The number of nitrogens with zero attached hydrogens (tertiary/aromatic N) is 3. The van der Waals surface area contributed by atoms with Crippen LogP contribution in [0.25, 0.3) is 0 Å². The van der Waals surface area contributed by atoms with E-state index in [0.29, 0.717) is 12.2 Å². The highest BCUT2D eigenvalue weighted by Crippen LogP contribution is 2.25. The van der Waals surface area contributed by atoms with Crippen molar-refractivity contribution in [2.75, 3.05) is 11.4 Å². The third-order valence-corrected chi connectivity index (χ3v) is 2.88. The molecule has 3 N–H and O–H groups in total. The Kier molecular flexibility index (Phi) is 4.14. The quantitative estimate of drug-likeness (QED) is 0.389. The first-order valence-electron chi connectivity index (χ1n) is 6.12. The molecule has 0 amide bonds. The van der Waals surface area contributed by atoms with Crippen LogP contribution in [0.15, 0.2) is 47.8 Å². The van der Waals surface area contributed by atoms with Gasteiger partial charge in [0.1, 0.15) is 11.5 Å². The number of aromatic nitrogens is 1. The zero-order chi connectivity index (χ0) is 14.5. The van der Waals surface area contributed by atoms with Gasteiger partial charge in [-0.25, -0.2) is 4.39 Å². The zero-order valence-electron chi connectivity index (χ0n) is 11.0. The molecule has 0 unspecified atom stereocenters. The lowest BCUT2D eigenvalue weighted by molar-refractivity contribution is 0.318. The Labute approximate surface area is 116 Å². The van der Waals surface area contributed by atoms with Gasteiger partial charge in [0.2, 0.25) is 0 Å². The molecule has 0 spiro atoms. The van der Waals surface area contributed by atoms with Crippen LogP contribution in [0.5, 0.6) is 0 Å². The van der Waals surface area contributed by atoms with Crippen molar-refractivity contribution in [2.45, 2.75) is 6.92 Å². The van der Waals surface area contributed by atoms with Crippen LogP contribution in [0.4, 0.5) is 15.8 Å². The predicted octanol–water partition coefficient (Wildman–Crippen LogP) is 2.47. The van der Waals surface area contributed by atoms with Gasteiger partial charge >= 0.3 is 0 Å². The number of hydrogen-bond acceptors (Lipinski definition) is 4. The summed E-state index contributed by atoms with van der Waals surface area (Å²) in [4.78, 5) is 6.00. The SMILES string of the molecule is CCN(c1ccc(F)cc1)c1ccnc(C(N)=NO)c1. The van der Waals surface area contributed by atoms with E-state index in [9.17, 15) is 4.39 Å². The monoisotopic (exact) mass is 274 g/mol. The van der Waals surface area contributed by atoms with E-state index in [4.69, 9.17) is 10.9 Å². The summed E-state index contributed by atoms with van der Waals surface area (Å²) >= 11 is 0. The molecule has 1 heterocycles. The second kappa shape index (κ2) is 6.01. The molecule has 0 saturated heterocycles. The number of anilines is 2. The van der Waals surface area contributed by atoms with E-state index in [2.05, 4.69) is 10.1 Å². The number of hydrogen-bond donors (Lipinski definition) is 2. The Morgan fingerprint density at radius 2 is 2.00 bits per heavy atom. The van der Waals surface area contributed by atoms with Crippen molar-refractivity contribution >= 4 is 17.2 Å². The molecule has 0 aliphatic carbocycles. The van der Waals surface area contributed by atoms with Gasteiger partial charge in [-0.15, -0.1) is 0 Å². The number of amidine groups is 1. The number of pyridine rings is 1. The maximum Gasteiger partial charge on any atom is 0.188 e. The summed E-state index contributed by atoms with van der Waals surface area (Å²) in [7, 11) is 0. The van der Waals surface area contributed by atoms with Crippen molar-refractivity contribution in [3.63, 3.8) is 0 Å². The van der Waals surface area contributed by atoms with E-state index >= 15 is 0 Å². The average molecular weight is 274 g/mol. The molecule has 0 atom stereocenters. The van der Waals surface area contributed by atoms with E-state index in [1.807, 2.05) is 11.8 Å². The fraction of sp³-hybridized carbons (Fsp3) is 0.143. The highest BCUT2D eigenvalue weighted by Gasteiger charge is 2.10. The fourth-order valence-electron chi connectivity index (χ4n) is 1.91. The van der Waals surface area contributed by atoms with Gasteiger partial charge in [0.15, 0.2) is 5.84 Å². The second-order valence-corrected chi connectivity index (χ2v) is 4.11. The van der Waals surface area contributed by atoms with Crippen molar-refractivity contribution in [1.82, 2.24) is 4.98 Å². The smallest absolute Gasteiger partial charge is 0.188 e. The van der Waals surface area contributed by atoms with Crippen LogP contribution in [-0.2, 0) is 0 Å². The molecule has 0 fully saturated rings. The lowest BCUT2D eigenvalue weighted by atomic mass is 10.2. The Morgan fingerprint density at radius 3 is 2.60 bits per heavy atom. The maximum absolute atomic E-state index is 13.0. The molecule has 20 heavy (non-hydrogen) atoms. The number of rotatable bonds is 4. The van der Waals surface area contributed by atoms with Crippen LogP contribution >= 0.6 is 0 Å². The van der Waals surface area contributed by atoms with Crippen LogP contribution in [0.3, 0.4) is 0 Å². The molecule has 5 nitrogen and oxygen atoms in total. The molecule has 0 bridgehead atoms. The van der Waals surface area contributed by atoms with Gasteiger partial charge in [-0.1, -0.05) is 5.16 Å². The first kappa shape index (κ1) is 13.8. The van der Waals surface area contributed by atoms with Crippen LogP contribution < -0.4 is 10.6 Å². The Morgan fingerprint density at radius 1 is 1.30 bits per heavy atom. The highest BCUT2D eigenvalue weighted by atomic mass is 19.1. The van der Waals surface area contributed by atoms with E-state index in [1.54, 1.807) is 30.5 Å². The summed E-state index contributed by atoms with van der Waals surface area (Å²) in [5.41, 5.74) is 7.59. The molecule has 6 heteroatoms. The van der Waals surface area contributed by atoms with Gasteiger partial charge < -0.3 is 15.8 Å². The molecular formula is C14H15FN4O. The van der Waals surface area contributed by atoms with Crippen LogP contribution in [0.2, 0.25) is 0 Å². The van der Waals surface area contributed by atoms with Gasteiger partial charge in [-0.2, -0.15) is 0 Å². The molecule has 0 aliphatic heterocycles. The van der Waals surface area contributed by atoms with Crippen molar-refractivity contribution in [1.29, 1.82) is 0 Å². The molecule has 0 aliphatic rings. The molecule has 104 valence electrons. The Bertz CT molecular complexity index is 613. The minimum absolute atomic E-state index is 0.0537. The first-order valence-corrected chi connectivity index (χ1v) is 6.12. The van der Waals surface area contributed by atoms with Crippen molar-refractivity contribution in [3.8, 4) is 0 Å². The van der Waals surface area contributed by atoms with Gasteiger partial charge in [-0.05, 0) is 43.3 Å². The minimum atomic E-state index is -0.281. The summed E-state index contributed by atoms with van der Waals surface area (Å²) in [6.07, 6.45) is 1.58. The van der Waals surface area contributed by atoms with Crippen molar-refractivity contribution in [2.24, 2.45) is 10.9 Å². The fourth-order valence-corrected chi connectivity index (χ4v) is 1.91. The van der Waals surface area contributed by atoms with Gasteiger partial charge in [0.05, 0.1) is 0 Å². The average Bonchev–Trinajstić information content (AvgIpc) is 2.49. The molecule has 1 aromatic carbocycles. The standard InChI is InChI=1S/C14H15FN4O/c1-2-19(11-5-3-10(15)4-6-11)12-7-8-17-13(9-12)14(16)18-20/h3-9,20H,2H2,1H3,(H2,16,18). The summed E-state index contributed by atoms with van der Waals surface area (Å²) in [5, 5.41) is 11.6. The van der Waals surface area contributed by atoms with Gasteiger partial charge in [-0.3, -0.25) is 4.98 Å². The normalized spacial score (nSPS) is 11.4. The first-order chi connectivity index (χ1) is 9.65. The number of nitrogens with two attached hydrogens (primary N) is 1. The van der Waals surface area contributed by atoms with Crippen molar-refractivity contribution < 1.29 is 9.60 Å². The number of benzene rings is 1. The Balaban J connectivity index is 2.39. The van der Waals surface area contributed by atoms with Crippen LogP contribution in [0, 0.1) is 5.82 Å². The predicted molar refractivity (Wildman–Crippen MR) is 75.8 cm³/mol. The minimum Gasteiger partial charge on any atom is -0.409 e. The molecule has 1 aromatic heterocycles. The molecular weight excluding hydrogens is 259 g/mol. The zero-order valence-corrected chi connectivity index (χ0v) is 11.0. The lowest BCUT2D eigenvalue weighted by Gasteiger charge is -2.23. The summed E-state index contributed by atoms with van der Waals surface area (Å²) < 4.78 is 13.0. The third kappa shape index (κ3) is 2.85. The molecule has 2 aromatic rings. The van der Waals surface area contributed by atoms with Gasteiger partial charge in [0, 0.05) is 24.1 Å². The second-order valence-electron chi connectivity index (χ2n) is 4.11.